The first-order valence-corrected chi connectivity index (χ1v) is 7.54. The van der Waals surface area contributed by atoms with E-state index >= 15 is 0 Å². The summed E-state index contributed by atoms with van der Waals surface area (Å²) in [5.74, 6) is -1.05. The van der Waals surface area contributed by atoms with E-state index in [1.807, 2.05) is 0 Å². The zero-order valence-corrected chi connectivity index (χ0v) is 13.7. The largest absolute Gasteiger partial charge is 0.444 e. The lowest BCUT2D eigenvalue weighted by Crippen LogP contribution is -2.51. The maximum Gasteiger partial charge on any atom is 0.407 e. The smallest absolute Gasteiger partial charge is 0.407 e. The van der Waals surface area contributed by atoms with Crippen LogP contribution in [0.5, 0.6) is 0 Å². The summed E-state index contributed by atoms with van der Waals surface area (Å²) in [6.45, 7) is 8.65. The predicted molar refractivity (Wildman–Crippen MR) is 77.2 cm³/mol. The summed E-state index contributed by atoms with van der Waals surface area (Å²) in [4.78, 5) is 24.0. The van der Waals surface area contributed by atoms with E-state index in [1.165, 1.54) is 0 Å². The summed E-state index contributed by atoms with van der Waals surface area (Å²) in [7, 11) is 0. The lowest BCUT2D eigenvalue weighted by Gasteiger charge is -2.28. The van der Waals surface area contributed by atoms with Crippen molar-refractivity contribution in [2.75, 3.05) is 0 Å². The van der Waals surface area contributed by atoms with Gasteiger partial charge in [0.1, 0.15) is 23.9 Å². The maximum absolute atomic E-state index is 12.1. The Kier molecular flexibility index (Phi) is 4.52. The van der Waals surface area contributed by atoms with Gasteiger partial charge in [-0.3, -0.25) is 4.79 Å². The number of Topliss-reactive ketones (excluding diaryl/α,β-unsaturated/α-hetero) is 1. The minimum atomic E-state index is -1.04. The molecule has 2 aliphatic rings. The lowest BCUT2D eigenvalue weighted by molar-refractivity contribution is -0.162. The minimum Gasteiger partial charge on any atom is -0.444 e. The fourth-order valence-corrected chi connectivity index (χ4v) is 2.74. The number of aliphatic hydroxyl groups is 1. The molecular weight excluding hydrogens is 290 g/mol. The van der Waals surface area contributed by atoms with Crippen LogP contribution in [0.1, 0.15) is 47.5 Å². The van der Waals surface area contributed by atoms with Gasteiger partial charge >= 0.3 is 6.09 Å². The number of ether oxygens (including phenoxy) is 3. The van der Waals surface area contributed by atoms with Gasteiger partial charge in [-0.05, 0) is 41.0 Å². The van der Waals surface area contributed by atoms with Crippen molar-refractivity contribution in [3.63, 3.8) is 0 Å². The summed E-state index contributed by atoms with van der Waals surface area (Å²) in [6.07, 6.45) is -2.72. The number of amides is 1. The fourth-order valence-electron chi connectivity index (χ4n) is 2.74. The SMILES string of the molecule is CC(C)(C)OC(=O)N[C@H]1CCC(=O)[C@@H]2OC(C)(C)O[C@H]2[C@H]1O. The van der Waals surface area contributed by atoms with Crippen LogP contribution in [0.25, 0.3) is 0 Å². The van der Waals surface area contributed by atoms with Crippen molar-refractivity contribution in [1.29, 1.82) is 0 Å². The molecule has 1 aliphatic heterocycles. The molecule has 1 heterocycles. The van der Waals surface area contributed by atoms with Crippen LogP contribution in [0.2, 0.25) is 0 Å². The average molecular weight is 315 g/mol. The number of aliphatic hydroxyl groups excluding tert-OH is 1. The molecule has 1 aliphatic carbocycles. The number of hydrogen-bond donors (Lipinski definition) is 2. The molecule has 22 heavy (non-hydrogen) atoms. The Labute approximate surface area is 130 Å². The first-order valence-electron chi connectivity index (χ1n) is 7.54. The van der Waals surface area contributed by atoms with Gasteiger partial charge in [-0.25, -0.2) is 4.79 Å². The van der Waals surface area contributed by atoms with Crippen molar-refractivity contribution in [2.45, 2.75) is 83.2 Å². The third-order valence-corrected chi connectivity index (χ3v) is 3.60. The van der Waals surface area contributed by atoms with Crippen molar-refractivity contribution in [2.24, 2.45) is 0 Å². The Morgan fingerprint density at radius 3 is 2.59 bits per heavy atom. The molecule has 126 valence electrons. The van der Waals surface area contributed by atoms with Crippen LogP contribution in [0.15, 0.2) is 0 Å². The maximum atomic E-state index is 12.1. The average Bonchev–Trinajstić information content (AvgIpc) is 2.62. The standard InChI is InChI=1S/C15H25NO6/c1-14(2,3)22-13(19)16-8-6-7-9(17)11-12(10(8)18)21-15(4,5)20-11/h8,10-12,18H,6-7H2,1-5H3,(H,16,19)/t8-,10-,11-,12-/m0/s1. The van der Waals surface area contributed by atoms with Gasteiger partial charge in [0.15, 0.2) is 11.6 Å². The van der Waals surface area contributed by atoms with Crippen LogP contribution in [0.3, 0.4) is 0 Å². The van der Waals surface area contributed by atoms with Crippen LogP contribution in [-0.2, 0) is 19.0 Å². The Bertz CT molecular complexity index is 455. The molecule has 0 aromatic heterocycles. The molecule has 0 bridgehead atoms. The number of nitrogens with one attached hydrogen (secondary N) is 1. The first kappa shape index (κ1) is 17.2. The van der Waals surface area contributed by atoms with Crippen LogP contribution >= 0.6 is 0 Å². The first-order chi connectivity index (χ1) is 9.98. The number of rotatable bonds is 1. The molecule has 0 aromatic rings. The van der Waals surface area contributed by atoms with Crippen LogP contribution < -0.4 is 5.32 Å². The van der Waals surface area contributed by atoms with E-state index < -0.39 is 41.8 Å². The Morgan fingerprint density at radius 1 is 1.36 bits per heavy atom. The summed E-state index contributed by atoms with van der Waals surface area (Å²) >= 11 is 0. The van der Waals surface area contributed by atoms with E-state index in [4.69, 9.17) is 14.2 Å². The highest BCUT2D eigenvalue weighted by atomic mass is 16.8. The Morgan fingerprint density at radius 2 is 2.00 bits per heavy atom. The number of alkyl carbamates (subject to hydrolysis) is 1. The van der Waals surface area contributed by atoms with Gasteiger partial charge in [-0.2, -0.15) is 0 Å². The number of carbonyl (C=O) groups excluding carboxylic acids is 2. The van der Waals surface area contributed by atoms with E-state index in [2.05, 4.69) is 5.32 Å². The van der Waals surface area contributed by atoms with Gasteiger partial charge in [-0.1, -0.05) is 0 Å². The summed E-state index contributed by atoms with van der Waals surface area (Å²) in [6, 6.07) is -0.619. The number of hydrogen-bond acceptors (Lipinski definition) is 6. The Hall–Kier alpha value is -1.18. The van der Waals surface area contributed by atoms with Gasteiger partial charge < -0.3 is 24.6 Å². The normalized spacial score (nSPS) is 34.7. The second-order valence-electron chi connectivity index (χ2n) is 7.27. The molecule has 0 radical (unpaired) electrons. The molecule has 1 amide bonds. The third-order valence-electron chi connectivity index (χ3n) is 3.60. The van der Waals surface area contributed by atoms with Crippen molar-refractivity contribution in [3.8, 4) is 0 Å². The van der Waals surface area contributed by atoms with Crippen molar-refractivity contribution in [3.05, 3.63) is 0 Å². The van der Waals surface area contributed by atoms with Gasteiger partial charge in [-0.15, -0.1) is 0 Å². The van der Waals surface area contributed by atoms with Gasteiger partial charge in [0.25, 0.3) is 0 Å². The third kappa shape index (κ3) is 3.97. The molecule has 1 saturated heterocycles. The van der Waals surface area contributed by atoms with Crippen LogP contribution in [0.4, 0.5) is 4.79 Å². The highest BCUT2D eigenvalue weighted by molar-refractivity contribution is 5.84. The van der Waals surface area contributed by atoms with E-state index in [0.29, 0.717) is 6.42 Å². The molecule has 1 saturated carbocycles. The van der Waals surface area contributed by atoms with E-state index in [9.17, 15) is 14.7 Å². The zero-order valence-electron chi connectivity index (χ0n) is 13.7. The lowest BCUT2D eigenvalue weighted by atomic mass is 10.0. The topological polar surface area (TPSA) is 94.1 Å². The molecule has 0 aromatic carbocycles. The van der Waals surface area contributed by atoms with Crippen molar-refractivity contribution < 1.29 is 28.9 Å². The molecule has 2 fully saturated rings. The fraction of sp³-hybridized carbons (Fsp3) is 0.867. The molecule has 2 rings (SSSR count). The molecule has 0 spiro atoms. The van der Waals surface area contributed by atoms with Gasteiger partial charge in [0.2, 0.25) is 0 Å². The second-order valence-corrected chi connectivity index (χ2v) is 7.27. The van der Waals surface area contributed by atoms with Crippen LogP contribution in [-0.4, -0.2) is 52.7 Å². The van der Waals surface area contributed by atoms with E-state index in [-0.39, 0.29) is 12.2 Å². The summed E-state index contributed by atoms with van der Waals surface area (Å²) in [5, 5.41) is 13.1. The number of carbonyl (C=O) groups is 2. The molecule has 7 nitrogen and oxygen atoms in total. The highest BCUT2D eigenvalue weighted by Crippen LogP contribution is 2.34. The van der Waals surface area contributed by atoms with Crippen LogP contribution in [0, 0.1) is 0 Å². The summed E-state index contributed by atoms with van der Waals surface area (Å²) < 4.78 is 16.4. The zero-order chi connectivity index (χ0) is 16.7. The second kappa shape index (κ2) is 5.79. The molecule has 7 heteroatoms. The molecular formula is C15H25NO6. The molecule has 2 N–H and O–H groups in total. The summed E-state index contributed by atoms with van der Waals surface area (Å²) in [5.41, 5.74) is -0.632. The monoisotopic (exact) mass is 315 g/mol. The molecule has 4 atom stereocenters. The van der Waals surface area contributed by atoms with Gasteiger partial charge in [0.05, 0.1) is 6.04 Å². The van der Waals surface area contributed by atoms with E-state index in [1.54, 1.807) is 34.6 Å². The quantitative estimate of drug-likeness (QED) is 0.753. The predicted octanol–water partition coefficient (Wildman–Crippen LogP) is 1.12. The van der Waals surface area contributed by atoms with Crippen molar-refractivity contribution in [1.82, 2.24) is 5.32 Å². The number of fused-ring (bicyclic) bond motifs is 1. The van der Waals surface area contributed by atoms with E-state index in [0.717, 1.165) is 0 Å². The minimum absolute atomic E-state index is 0.122. The van der Waals surface area contributed by atoms with Crippen molar-refractivity contribution >= 4 is 11.9 Å². The number of ketones is 1. The van der Waals surface area contributed by atoms with Gasteiger partial charge in [0, 0.05) is 6.42 Å². The highest BCUT2D eigenvalue weighted by Gasteiger charge is 2.51. The Balaban J connectivity index is 2.08. The molecule has 0 unspecified atom stereocenters.